The maximum Gasteiger partial charge on any atom is 0.261 e. The molecule has 0 saturated heterocycles. The van der Waals surface area contributed by atoms with Crippen LogP contribution in [-0.2, 0) is 10.0 Å². The van der Waals surface area contributed by atoms with Gasteiger partial charge in [-0.25, -0.2) is 8.42 Å². The van der Waals surface area contributed by atoms with Gasteiger partial charge in [-0.3, -0.25) is 9.52 Å². The van der Waals surface area contributed by atoms with E-state index in [9.17, 15) is 13.2 Å². The van der Waals surface area contributed by atoms with Crippen molar-refractivity contribution in [3.8, 4) is 0 Å². The molecule has 0 spiro atoms. The quantitative estimate of drug-likeness (QED) is 0.581. The fourth-order valence-electron chi connectivity index (χ4n) is 3.03. The van der Waals surface area contributed by atoms with Gasteiger partial charge in [-0.1, -0.05) is 48.5 Å². The van der Waals surface area contributed by atoms with Crippen molar-refractivity contribution in [2.45, 2.75) is 10.9 Å². The number of sulfonamides is 1. The monoisotopic (exact) mass is 423 g/mol. The molecule has 3 aromatic carbocycles. The minimum Gasteiger partial charge on any atom is -0.344 e. The first kappa shape index (κ1) is 21.5. The molecule has 0 unspecified atom stereocenters. The second-order valence-corrected chi connectivity index (χ2v) is 8.88. The molecule has 0 aliphatic carbocycles. The van der Waals surface area contributed by atoms with E-state index in [1.807, 2.05) is 55.4 Å². The van der Waals surface area contributed by atoms with Crippen molar-refractivity contribution in [1.29, 1.82) is 0 Å². The first-order chi connectivity index (χ1) is 14.3. The Morgan fingerprint density at radius 2 is 1.43 bits per heavy atom. The number of carbonyl (C=O) groups excluding carboxylic acids is 1. The molecule has 0 aliphatic heterocycles. The molecule has 0 aliphatic rings. The van der Waals surface area contributed by atoms with Crippen molar-refractivity contribution < 1.29 is 13.2 Å². The molecule has 1 atom stereocenters. The van der Waals surface area contributed by atoms with Gasteiger partial charge in [0.15, 0.2) is 0 Å². The number of rotatable bonds is 8. The summed E-state index contributed by atoms with van der Waals surface area (Å²) in [6.07, 6.45) is 0. The topological polar surface area (TPSA) is 78.5 Å². The third-order valence-electron chi connectivity index (χ3n) is 4.51. The number of anilines is 1. The molecule has 0 aromatic heterocycles. The van der Waals surface area contributed by atoms with Gasteiger partial charge < -0.3 is 10.2 Å². The minimum absolute atomic E-state index is 0.0933. The normalized spacial score (nSPS) is 12.4. The molecule has 0 fully saturated rings. The Bertz CT molecular complexity index is 1070. The smallest absolute Gasteiger partial charge is 0.261 e. The lowest BCUT2D eigenvalue weighted by atomic mass is 10.1. The summed E-state index contributed by atoms with van der Waals surface area (Å²) < 4.78 is 27.6. The van der Waals surface area contributed by atoms with Crippen LogP contribution < -0.4 is 10.0 Å². The van der Waals surface area contributed by atoms with Crippen molar-refractivity contribution in [2.24, 2.45) is 0 Å². The minimum atomic E-state index is -3.73. The highest BCUT2D eigenvalue weighted by atomic mass is 32.2. The van der Waals surface area contributed by atoms with Gasteiger partial charge in [-0.15, -0.1) is 0 Å². The molecule has 30 heavy (non-hydrogen) atoms. The highest BCUT2D eigenvalue weighted by Gasteiger charge is 2.18. The number of amides is 1. The molecule has 156 valence electrons. The largest absolute Gasteiger partial charge is 0.344 e. The highest BCUT2D eigenvalue weighted by molar-refractivity contribution is 7.92. The Labute approximate surface area is 177 Å². The van der Waals surface area contributed by atoms with E-state index < -0.39 is 10.0 Å². The van der Waals surface area contributed by atoms with Gasteiger partial charge in [0, 0.05) is 17.8 Å². The third-order valence-corrected chi connectivity index (χ3v) is 5.90. The summed E-state index contributed by atoms with van der Waals surface area (Å²) in [5.74, 6) is -0.259. The number of hydrogen-bond donors (Lipinski definition) is 2. The summed E-state index contributed by atoms with van der Waals surface area (Å²) in [5, 5.41) is 3.03. The summed E-state index contributed by atoms with van der Waals surface area (Å²) >= 11 is 0. The number of carbonyl (C=O) groups is 1. The van der Waals surface area contributed by atoms with Crippen LogP contribution in [0.2, 0.25) is 0 Å². The molecule has 3 rings (SSSR count). The zero-order valence-electron chi connectivity index (χ0n) is 16.9. The van der Waals surface area contributed by atoms with E-state index in [2.05, 4.69) is 10.0 Å². The molecule has 0 radical (unpaired) electrons. The standard InChI is InChI=1S/C23H25N3O3S/c1-26(2)17-22(18-9-5-3-6-10-18)24-23(27)19-13-15-21(16-14-19)30(28,29)25-20-11-7-4-8-12-20/h3-16,22,25H,17H2,1-2H3,(H,24,27)/t22-/m1/s1. The predicted molar refractivity (Wildman–Crippen MR) is 119 cm³/mol. The fourth-order valence-corrected chi connectivity index (χ4v) is 4.09. The lowest BCUT2D eigenvalue weighted by Crippen LogP contribution is -2.35. The molecule has 3 aromatic rings. The summed E-state index contributed by atoms with van der Waals surface area (Å²) in [6.45, 7) is 0.642. The summed E-state index contributed by atoms with van der Waals surface area (Å²) in [4.78, 5) is 14.9. The van der Waals surface area contributed by atoms with Gasteiger partial charge in [0.25, 0.3) is 15.9 Å². The Morgan fingerprint density at radius 1 is 0.867 bits per heavy atom. The molecule has 0 saturated carbocycles. The van der Waals surface area contributed by atoms with Gasteiger partial charge in [0.2, 0.25) is 0 Å². The van der Waals surface area contributed by atoms with E-state index in [1.54, 1.807) is 24.3 Å². The average molecular weight is 424 g/mol. The van der Waals surface area contributed by atoms with Crippen LogP contribution in [0.4, 0.5) is 5.69 Å². The Morgan fingerprint density at radius 3 is 2.00 bits per heavy atom. The zero-order valence-corrected chi connectivity index (χ0v) is 17.8. The molecule has 0 bridgehead atoms. The number of benzene rings is 3. The van der Waals surface area contributed by atoms with Crippen LogP contribution in [0.1, 0.15) is 22.0 Å². The average Bonchev–Trinajstić information content (AvgIpc) is 2.74. The van der Waals surface area contributed by atoms with E-state index in [1.165, 1.54) is 24.3 Å². The van der Waals surface area contributed by atoms with E-state index in [-0.39, 0.29) is 16.8 Å². The number of likely N-dealkylation sites (N-methyl/N-ethyl adjacent to an activating group) is 1. The van der Waals surface area contributed by atoms with Crippen molar-refractivity contribution >= 4 is 21.6 Å². The molecule has 6 nitrogen and oxygen atoms in total. The van der Waals surface area contributed by atoms with Gasteiger partial charge in [0.05, 0.1) is 10.9 Å². The first-order valence-corrected chi connectivity index (χ1v) is 11.0. The molecular formula is C23H25N3O3S. The van der Waals surface area contributed by atoms with Gasteiger partial charge >= 0.3 is 0 Å². The van der Waals surface area contributed by atoms with Crippen LogP contribution in [0.5, 0.6) is 0 Å². The lowest BCUT2D eigenvalue weighted by molar-refractivity contribution is 0.0930. The lowest BCUT2D eigenvalue weighted by Gasteiger charge is -2.23. The Kier molecular flexibility index (Phi) is 6.87. The number of nitrogens with zero attached hydrogens (tertiary/aromatic N) is 1. The zero-order chi connectivity index (χ0) is 21.6. The number of para-hydroxylation sites is 1. The van der Waals surface area contributed by atoms with Gasteiger partial charge in [-0.05, 0) is 56.1 Å². The van der Waals surface area contributed by atoms with Crippen molar-refractivity contribution in [3.63, 3.8) is 0 Å². The maximum absolute atomic E-state index is 12.8. The van der Waals surface area contributed by atoms with E-state index in [0.29, 0.717) is 17.8 Å². The van der Waals surface area contributed by atoms with E-state index in [0.717, 1.165) is 5.56 Å². The van der Waals surface area contributed by atoms with Crippen LogP contribution in [0.3, 0.4) is 0 Å². The van der Waals surface area contributed by atoms with Crippen molar-refractivity contribution in [2.75, 3.05) is 25.4 Å². The second kappa shape index (κ2) is 9.56. The Hall–Kier alpha value is -3.16. The maximum atomic E-state index is 12.8. The Balaban J connectivity index is 1.74. The van der Waals surface area contributed by atoms with Crippen LogP contribution >= 0.6 is 0 Å². The predicted octanol–water partition coefficient (Wildman–Crippen LogP) is 3.52. The summed E-state index contributed by atoms with van der Waals surface area (Å²) in [5.41, 5.74) is 1.88. The molecule has 7 heteroatoms. The van der Waals surface area contributed by atoms with Crippen LogP contribution in [-0.4, -0.2) is 39.9 Å². The van der Waals surface area contributed by atoms with E-state index in [4.69, 9.17) is 0 Å². The number of hydrogen-bond acceptors (Lipinski definition) is 4. The number of nitrogens with one attached hydrogen (secondary N) is 2. The van der Waals surface area contributed by atoms with Gasteiger partial charge in [-0.2, -0.15) is 0 Å². The second-order valence-electron chi connectivity index (χ2n) is 7.19. The fraction of sp³-hybridized carbons (Fsp3) is 0.174. The van der Waals surface area contributed by atoms with Crippen LogP contribution in [0.15, 0.2) is 89.8 Å². The molecule has 0 heterocycles. The molecule has 1 amide bonds. The van der Waals surface area contributed by atoms with Crippen molar-refractivity contribution in [1.82, 2.24) is 10.2 Å². The summed E-state index contributed by atoms with van der Waals surface area (Å²) in [7, 11) is 0.166. The highest BCUT2D eigenvalue weighted by Crippen LogP contribution is 2.18. The van der Waals surface area contributed by atoms with Gasteiger partial charge in [0.1, 0.15) is 0 Å². The van der Waals surface area contributed by atoms with Crippen LogP contribution in [0.25, 0.3) is 0 Å². The van der Waals surface area contributed by atoms with Crippen LogP contribution in [0, 0.1) is 0 Å². The van der Waals surface area contributed by atoms with E-state index >= 15 is 0 Å². The summed E-state index contributed by atoms with van der Waals surface area (Å²) in [6, 6.07) is 24.1. The van der Waals surface area contributed by atoms with Crippen molar-refractivity contribution in [3.05, 3.63) is 96.1 Å². The first-order valence-electron chi connectivity index (χ1n) is 9.53. The third kappa shape index (κ3) is 5.68. The SMILES string of the molecule is CN(C)C[C@@H](NC(=O)c1ccc(S(=O)(=O)Nc2ccccc2)cc1)c1ccccc1. The molecular weight excluding hydrogens is 398 g/mol. The molecule has 2 N–H and O–H groups in total.